The van der Waals surface area contributed by atoms with Crippen LogP contribution in [0.4, 0.5) is 0 Å². The molecule has 210 valence electrons. The Bertz CT molecular complexity index is 1790. The lowest BCUT2D eigenvalue weighted by atomic mass is 9.93. The summed E-state index contributed by atoms with van der Waals surface area (Å²) < 4.78 is 24.4. The number of thiazole rings is 1. The van der Waals surface area contributed by atoms with E-state index in [0.29, 0.717) is 50.0 Å². The molecule has 0 N–H and O–H groups in total. The Morgan fingerprint density at radius 1 is 0.976 bits per heavy atom. The Morgan fingerprint density at radius 3 is 2.46 bits per heavy atom. The third kappa shape index (κ3) is 5.40. The quantitative estimate of drug-likeness (QED) is 0.278. The molecule has 1 aliphatic rings. The second kappa shape index (κ2) is 12.3. The number of fused-ring (bicyclic) bond motifs is 1. The smallest absolute Gasteiger partial charge is 0.338 e. The molecule has 8 nitrogen and oxygen atoms in total. The number of methoxy groups -OCH3 is 2. The van der Waals surface area contributed by atoms with E-state index in [1.165, 1.54) is 11.3 Å². The van der Waals surface area contributed by atoms with E-state index in [9.17, 15) is 9.59 Å². The molecule has 1 unspecified atom stereocenters. The van der Waals surface area contributed by atoms with E-state index in [0.717, 1.165) is 5.56 Å². The predicted molar refractivity (Wildman–Crippen MR) is 158 cm³/mol. The molecule has 0 saturated heterocycles. The minimum absolute atomic E-state index is 0.176. The van der Waals surface area contributed by atoms with Crippen molar-refractivity contribution in [2.24, 2.45) is 4.99 Å². The normalized spacial score (nSPS) is 14.7. The van der Waals surface area contributed by atoms with E-state index in [4.69, 9.17) is 23.9 Å². The molecule has 0 fully saturated rings. The van der Waals surface area contributed by atoms with E-state index in [2.05, 4.69) is 0 Å². The number of aromatic nitrogens is 1. The lowest BCUT2D eigenvalue weighted by Crippen LogP contribution is -2.40. The number of carbonyl (C=O) groups excluding carboxylic acids is 1. The minimum atomic E-state index is -0.797. The maximum Gasteiger partial charge on any atom is 0.338 e. The Labute approximate surface area is 241 Å². The fourth-order valence-corrected chi connectivity index (χ4v) is 5.81. The fourth-order valence-electron chi connectivity index (χ4n) is 4.81. The third-order valence-corrected chi connectivity index (χ3v) is 7.57. The van der Waals surface area contributed by atoms with Crippen molar-refractivity contribution in [2.45, 2.75) is 19.9 Å². The molecule has 1 aliphatic heterocycles. The van der Waals surface area contributed by atoms with E-state index in [1.54, 1.807) is 31.8 Å². The molecule has 5 rings (SSSR count). The van der Waals surface area contributed by atoms with Crippen molar-refractivity contribution in [3.05, 3.63) is 115 Å². The molecule has 0 spiro atoms. The number of hydrogen-bond acceptors (Lipinski definition) is 8. The van der Waals surface area contributed by atoms with Gasteiger partial charge in [-0.05, 0) is 43.7 Å². The number of hydrogen-bond donors (Lipinski definition) is 0. The highest BCUT2D eigenvalue weighted by atomic mass is 32.1. The molecule has 0 radical (unpaired) electrons. The van der Waals surface area contributed by atoms with Crippen molar-refractivity contribution in [3.8, 4) is 17.2 Å². The van der Waals surface area contributed by atoms with Gasteiger partial charge >= 0.3 is 5.97 Å². The zero-order chi connectivity index (χ0) is 28.9. The zero-order valence-corrected chi connectivity index (χ0v) is 24.1. The molecule has 9 heteroatoms. The van der Waals surface area contributed by atoms with Crippen LogP contribution in [-0.2, 0) is 9.53 Å². The van der Waals surface area contributed by atoms with Gasteiger partial charge in [0, 0.05) is 11.1 Å². The molecular weight excluding hydrogens is 540 g/mol. The predicted octanol–water partition coefficient (Wildman–Crippen LogP) is 4.35. The van der Waals surface area contributed by atoms with Gasteiger partial charge in [0.15, 0.2) is 16.3 Å². The number of benzene rings is 3. The summed E-state index contributed by atoms with van der Waals surface area (Å²) in [4.78, 5) is 33.1. The molecule has 0 bridgehead atoms. The molecule has 4 aromatic rings. The van der Waals surface area contributed by atoms with Gasteiger partial charge < -0.3 is 18.9 Å². The van der Waals surface area contributed by atoms with Crippen LogP contribution in [0.3, 0.4) is 0 Å². The first-order chi connectivity index (χ1) is 20.0. The number of nitrogens with zero attached hydrogens (tertiary/aromatic N) is 2. The second-order valence-electron chi connectivity index (χ2n) is 9.02. The van der Waals surface area contributed by atoms with E-state index in [-0.39, 0.29) is 17.7 Å². The average molecular weight is 571 g/mol. The molecule has 3 aromatic carbocycles. The van der Waals surface area contributed by atoms with E-state index < -0.39 is 12.0 Å². The maximum absolute atomic E-state index is 14.2. The third-order valence-electron chi connectivity index (χ3n) is 6.59. The highest BCUT2D eigenvalue weighted by Crippen LogP contribution is 2.36. The van der Waals surface area contributed by atoms with Crippen LogP contribution in [0.1, 0.15) is 36.6 Å². The van der Waals surface area contributed by atoms with Gasteiger partial charge in [-0.3, -0.25) is 9.36 Å². The zero-order valence-electron chi connectivity index (χ0n) is 23.2. The Hall–Kier alpha value is -4.63. The first kappa shape index (κ1) is 27.9. The summed E-state index contributed by atoms with van der Waals surface area (Å²) in [5, 5.41) is 0. The molecular formula is C32H30N2O6S. The summed E-state index contributed by atoms with van der Waals surface area (Å²) in [6.07, 6.45) is 1.77. The molecule has 1 aromatic heterocycles. The SMILES string of the molecule is CCOC(=O)C1=C(c2ccccc2)N=c2sc(=Cc3cccc(OC)c3OCC)c(=O)n2C1c1cccc(OC)c1. The van der Waals surface area contributed by atoms with Gasteiger partial charge in [-0.2, -0.15) is 0 Å². The summed E-state index contributed by atoms with van der Waals surface area (Å²) in [5.41, 5.74) is 2.58. The van der Waals surface area contributed by atoms with Crippen molar-refractivity contribution in [3.63, 3.8) is 0 Å². The number of carbonyl (C=O) groups is 1. The number of ether oxygens (including phenoxy) is 4. The summed E-state index contributed by atoms with van der Waals surface area (Å²) in [7, 11) is 3.15. The van der Waals surface area contributed by atoms with Crippen LogP contribution < -0.4 is 29.1 Å². The molecule has 0 saturated carbocycles. The van der Waals surface area contributed by atoms with Gasteiger partial charge in [-0.1, -0.05) is 65.9 Å². The van der Waals surface area contributed by atoms with Gasteiger partial charge in [0.05, 0.1) is 49.3 Å². The standard InChI is InChI=1S/C32H30N2O6S/c1-5-39-29-22(15-11-17-24(29)38-4)19-25-30(35)34-28(21-14-10-16-23(18-21)37-3)26(31(36)40-6-2)27(33-32(34)41-25)20-12-8-7-9-13-20/h7-19,28H,5-6H2,1-4H3. The van der Waals surface area contributed by atoms with Gasteiger partial charge in [-0.25, -0.2) is 9.79 Å². The summed E-state index contributed by atoms with van der Waals surface area (Å²) >= 11 is 1.25. The lowest BCUT2D eigenvalue weighted by Gasteiger charge is -2.26. The molecule has 2 heterocycles. The first-order valence-electron chi connectivity index (χ1n) is 13.2. The molecule has 41 heavy (non-hydrogen) atoms. The van der Waals surface area contributed by atoms with Crippen LogP contribution >= 0.6 is 11.3 Å². The maximum atomic E-state index is 14.2. The Kier molecular flexibility index (Phi) is 8.35. The summed E-state index contributed by atoms with van der Waals surface area (Å²) in [6.45, 7) is 4.25. The monoisotopic (exact) mass is 570 g/mol. The van der Waals surface area contributed by atoms with Gasteiger partial charge in [0.1, 0.15) is 5.75 Å². The molecule has 1 atom stereocenters. The van der Waals surface area contributed by atoms with Crippen molar-refractivity contribution < 1.29 is 23.7 Å². The fraction of sp³-hybridized carbons (Fsp3) is 0.219. The average Bonchev–Trinajstić information content (AvgIpc) is 3.31. The number of esters is 1. The van der Waals surface area contributed by atoms with Crippen LogP contribution in [0.25, 0.3) is 11.8 Å². The van der Waals surface area contributed by atoms with Crippen LogP contribution in [0.5, 0.6) is 17.2 Å². The molecule has 0 aliphatic carbocycles. The van der Waals surface area contributed by atoms with Crippen molar-refractivity contribution >= 4 is 29.1 Å². The first-order valence-corrected chi connectivity index (χ1v) is 14.0. The van der Waals surface area contributed by atoms with Crippen LogP contribution in [0.15, 0.2) is 88.2 Å². The van der Waals surface area contributed by atoms with Crippen LogP contribution in [-0.4, -0.2) is 38.0 Å². The largest absolute Gasteiger partial charge is 0.497 e. The Morgan fingerprint density at radius 2 is 1.76 bits per heavy atom. The topological polar surface area (TPSA) is 88.4 Å². The second-order valence-corrected chi connectivity index (χ2v) is 10.0. The van der Waals surface area contributed by atoms with Crippen LogP contribution in [0.2, 0.25) is 0 Å². The lowest BCUT2D eigenvalue weighted by molar-refractivity contribution is -0.138. The minimum Gasteiger partial charge on any atom is -0.497 e. The highest BCUT2D eigenvalue weighted by molar-refractivity contribution is 7.07. The van der Waals surface area contributed by atoms with Crippen molar-refractivity contribution in [1.82, 2.24) is 4.57 Å². The molecule has 0 amide bonds. The van der Waals surface area contributed by atoms with Gasteiger partial charge in [0.25, 0.3) is 5.56 Å². The van der Waals surface area contributed by atoms with E-state index >= 15 is 0 Å². The summed E-state index contributed by atoms with van der Waals surface area (Å²) in [5.74, 6) is 1.18. The van der Waals surface area contributed by atoms with Crippen LogP contribution in [0, 0.1) is 0 Å². The summed E-state index contributed by atoms with van der Waals surface area (Å²) in [6, 6.07) is 21.5. The van der Waals surface area contributed by atoms with Crippen molar-refractivity contribution in [1.29, 1.82) is 0 Å². The van der Waals surface area contributed by atoms with Gasteiger partial charge in [-0.15, -0.1) is 0 Å². The number of rotatable bonds is 9. The van der Waals surface area contributed by atoms with Gasteiger partial charge in [0.2, 0.25) is 0 Å². The van der Waals surface area contributed by atoms with E-state index in [1.807, 2.05) is 79.7 Å². The Balaban J connectivity index is 1.83. The van der Waals surface area contributed by atoms with Crippen molar-refractivity contribution in [2.75, 3.05) is 27.4 Å². The number of para-hydroxylation sites is 1. The highest BCUT2D eigenvalue weighted by Gasteiger charge is 2.35.